The van der Waals surface area contributed by atoms with Gasteiger partial charge in [0.25, 0.3) is 10.1 Å². The summed E-state index contributed by atoms with van der Waals surface area (Å²) in [4.78, 5) is 15.4. The number of nitrogens with one attached hydrogen (secondary N) is 1. The van der Waals surface area contributed by atoms with E-state index in [-0.39, 0.29) is 12.0 Å². The van der Waals surface area contributed by atoms with Crippen LogP contribution in [0.2, 0.25) is 0 Å². The molecule has 1 fully saturated rings. The van der Waals surface area contributed by atoms with Gasteiger partial charge >= 0.3 is 5.97 Å². The zero-order chi connectivity index (χ0) is 10.8. The number of carbonyl (C=O) groups is 1. The molecule has 1 rings (SSSR count). The monoisotopic (exact) mass is 223 g/mol. The van der Waals surface area contributed by atoms with Crippen LogP contribution in [0.3, 0.4) is 0 Å². The highest BCUT2D eigenvalue weighted by atomic mass is 32.2. The normalized spacial score (nSPS) is 27.6. The Labute approximate surface area is 82.6 Å². The van der Waals surface area contributed by atoms with Crippen LogP contribution >= 0.6 is 0 Å². The first-order chi connectivity index (χ1) is 6.38. The molecule has 14 heavy (non-hydrogen) atoms. The van der Waals surface area contributed by atoms with E-state index in [9.17, 15) is 13.2 Å². The SMILES string of the molecule is C[C@@H]1CC(C(=O)OOS(C)(=O)=O)CN1. The Kier molecular flexibility index (Phi) is 3.46. The molecule has 0 spiro atoms. The molecule has 7 heteroatoms. The molecule has 1 heterocycles. The lowest BCUT2D eigenvalue weighted by Gasteiger charge is -2.05. The van der Waals surface area contributed by atoms with Gasteiger partial charge in [-0.05, 0) is 13.3 Å². The molecule has 1 saturated heterocycles. The summed E-state index contributed by atoms with van der Waals surface area (Å²) in [5, 5.41) is 3.04. The third-order valence-corrected chi connectivity index (χ3v) is 2.24. The highest BCUT2D eigenvalue weighted by Crippen LogP contribution is 2.15. The fraction of sp³-hybridized carbons (Fsp3) is 0.857. The molecule has 1 aliphatic rings. The molecular formula is C7H13NO5S. The van der Waals surface area contributed by atoms with Gasteiger partial charge in [-0.3, -0.25) is 4.89 Å². The summed E-state index contributed by atoms with van der Waals surface area (Å²) in [6.07, 6.45) is 1.45. The van der Waals surface area contributed by atoms with Crippen molar-refractivity contribution in [3.8, 4) is 0 Å². The van der Waals surface area contributed by atoms with Crippen molar-refractivity contribution < 1.29 is 22.4 Å². The Morgan fingerprint density at radius 3 is 2.57 bits per heavy atom. The fourth-order valence-electron chi connectivity index (χ4n) is 1.28. The lowest BCUT2D eigenvalue weighted by Crippen LogP contribution is -2.22. The molecule has 1 unspecified atom stereocenters. The van der Waals surface area contributed by atoms with Gasteiger partial charge in [0.15, 0.2) is 0 Å². The van der Waals surface area contributed by atoms with Crippen molar-refractivity contribution in [1.29, 1.82) is 0 Å². The lowest BCUT2D eigenvalue weighted by atomic mass is 10.1. The smallest absolute Gasteiger partial charge is 0.313 e. The molecule has 2 atom stereocenters. The second kappa shape index (κ2) is 4.24. The molecule has 0 aromatic heterocycles. The Bertz CT molecular complexity index is 312. The van der Waals surface area contributed by atoms with E-state index >= 15 is 0 Å². The summed E-state index contributed by atoms with van der Waals surface area (Å²) in [7, 11) is -3.73. The van der Waals surface area contributed by atoms with Crippen molar-refractivity contribution in [1.82, 2.24) is 5.32 Å². The third kappa shape index (κ3) is 3.60. The predicted octanol–water partition coefficient (Wildman–Crippen LogP) is -0.581. The summed E-state index contributed by atoms with van der Waals surface area (Å²) in [5.74, 6) is -0.973. The maximum atomic E-state index is 11.2. The van der Waals surface area contributed by atoms with Crippen molar-refractivity contribution in [3.05, 3.63) is 0 Å². The van der Waals surface area contributed by atoms with Crippen molar-refractivity contribution in [2.75, 3.05) is 12.8 Å². The summed E-state index contributed by atoms with van der Waals surface area (Å²) in [5.41, 5.74) is 0. The second-order valence-corrected chi connectivity index (χ2v) is 4.96. The molecule has 0 bridgehead atoms. The molecule has 0 amide bonds. The Balaban J connectivity index is 2.36. The molecular weight excluding hydrogens is 210 g/mol. The summed E-state index contributed by atoms with van der Waals surface area (Å²) < 4.78 is 24.9. The van der Waals surface area contributed by atoms with Crippen LogP contribution in [0.5, 0.6) is 0 Å². The summed E-state index contributed by atoms with van der Waals surface area (Å²) in [6.45, 7) is 2.43. The summed E-state index contributed by atoms with van der Waals surface area (Å²) in [6, 6.07) is 0.241. The fourth-order valence-corrected chi connectivity index (χ4v) is 1.47. The number of hydrogen-bond acceptors (Lipinski definition) is 6. The van der Waals surface area contributed by atoms with Gasteiger partial charge in [-0.1, -0.05) is 4.33 Å². The molecule has 0 aliphatic carbocycles. The van der Waals surface area contributed by atoms with Gasteiger partial charge in [0.1, 0.15) is 0 Å². The number of carbonyl (C=O) groups excluding carboxylic acids is 1. The van der Waals surface area contributed by atoms with Crippen molar-refractivity contribution in [2.24, 2.45) is 5.92 Å². The summed E-state index contributed by atoms with van der Waals surface area (Å²) >= 11 is 0. The number of hydrogen-bond donors (Lipinski definition) is 1. The molecule has 1 N–H and O–H groups in total. The molecule has 82 valence electrons. The largest absolute Gasteiger partial charge is 0.348 e. The lowest BCUT2D eigenvalue weighted by molar-refractivity contribution is -0.215. The van der Waals surface area contributed by atoms with E-state index in [4.69, 9.17) is 0 Å². The molecule has 0 aromatic carbocycles. The third-order valence-electron chi connectivity index (χ3n) is 1.92. The molecule has 0 saturated carbocycles. The van der Waals surface area contributed by atoms with E-state index in [0.717, 1.165) is 6.26 Å². The van der Waals surface area contributed by atoms with Crippen LogP contribution < -0.4 is 5.32 Å². The van der Waals surface area contributed by atoms with E-state index in [1.807, 2.05) is 6.92 Å². The Hall–Kier alpha value is -0.660. The van der Waals surface area contributed by atoms with Crippen LogP contribution in [-0.4, -0.2) is 33.2 Å². The van der Waals surface area contributed by atoms with Crippen molar-refractivity contribution in [3.63, 3.8) is 0 Å². The van der Waals surface area contributed by atoms with Crippen LogP contribution in [0.15, 0.2) is 0 Å². The molecule has 0 radical (unpaired) electrons. The predicted molar refractivity (Wildman–Crippen MR) is 47.6 cm³/mol. The van der Waals surface area contributed by atoms with Crippen molar-refractivity contribution in [2.45, 2.75) is 19.4 Å². The van der Waals surface area contributed by atoms with E-state index < -0.39 is 16.1 Å². The molecule has 0 aromatic rings. The van der Waals surface area contributed by atoms with Crippen LogP contribution in [0.1, 0.15) is 13.3 Å². The van der Waals surface area contributed by atoms with Gasteiger partial charge in [0.05, 0.1) is 12.2 Å². The topological polar surface area (TPSA) is 81.7 Å². The first-order valence-electron chi connectivity index (χ1n) is 4.22. The van der Waals surface area contributed by atoms with Crippen LogP contribution in [0.4, 0.5) is 0 Å². The van der Waals surface area contributed by atoms with Gasteiger partial charge in [0, 0.05) is 12.6 Å². The van der Waals surface area contributed by atoms with Crippen LogP contribution in [-0.2, 0) is 24.1 Å². The average Bonchev–Trinajstić information content (AvgIpc) is 2.46. The Morgan fingerprint density at radius 1 is 1.50 bits per heavy atom. The zero-order valence-corrected chi connectivity index (χ0v) is 8.83. The second-order valence-electron chi connectivity index (χ2n) is 3.42. The van der Waals surface area contributed by atoms with Crippen molar-refractivity contribution >= 4 is 16.1 Å². The van der Waals surface area contributed by atoms with E-state index in [0.29, 0.717) is 13.0 Å². The first-order valence-corrected chi connectivity index (χ1v) is 6.03. The van der Waals surface area contributed by atoms with E-state index in [2.05, 4.69) is 14.5 Å². The van der Waals surface area contributed by atoms with Crippen LogP contribution in [0.25, 0.3) is 0 Å². The Morgan fingerprint density at radius 2 is 2.14 bits per heavy atom. The van der Waals surface area contributed by atoms with Gasteiger partial charge < -0.3 is 5.32 Å². The van der Waals surface area contributed by atoms with Gasteiger partial charge in [-0.2, -0.15) is 8.42 Å². The highest BCUT2D eigenvalue weighted by Gasteiger charge is 2.29. The van der Waals surface area contributed by atoms with Gasteiger partial charge in [0.2, 0.25) is 0 Å². The molecule has 6 nitrogen and oxygen atoms in total. The standard InChI is InChI=1S/C7H13NO5S/c1-5-3-6(4-8-5)7(9)12-13-14(2,10)11/h5-6,8H,3-4H2,1-2H3/t5-,6?/m1/s1. The van der Waals surface area contributed by atoms with E-state index in [1.165, 1.54) is 0 Å². The average molecular weight is 223 g/mol. The zero-order valence-electron chi connectivity index (χ0n) is 8.02. The molecule has 1 aliphatic heterocycles. The maximum Gasteiger partial charge on any atom is 0.348 e. The number of rotatable bonds is 3. The maximum absolute atomic E-state index is 11.2. The van der Waals surface area contributed by atoms with E-state index in [1.54, 1.807) is 0 Å². The van der Waals surface area contributed by atoms with Crippen LogP contribution in [0, 0.1) is 5.92 Å². The van der Waals surface area contributed by atoms with Gasteiger partial charge in [-0.25, -0.2) is 4.79 Å². The quantitative estimate of drug-likeness (QED) is 0.509. The van der Waals surface area contributed by atoms with Gasteiger partial charge in [-0.15, -0.1) is 0 Å². The minimum absolute atomic E-state index is 0.241. The minimum Gasteiger partial charge on any atom is -0.313 e. The minimum atomic E-state index is -3.73. The first kappa shape index (κ1) is 11.4. The highest BCUT2D eigenvalue weighted by molar-refractivity contribution is 7.85.